The third-order valence-electron chi connectivity index (χ3n) is 18.4. The van der Waals surface area contributed by atoms with E-state index in [1.807, 2.05) is 244 Å². The lowest BCUT2D eigenvalue weighted by Crippen LogP contribution is -2.13. The maximum atomic E-state index is 11.5. The second-order valence-corrected chi connectivity index (χ2v) is 30.4. The number of aryl methyl sites for hydroxylation is 5. The van der Waals surface area contributed by atoms with Gasteiger partial charge in [0.1, 0.15) is 92.6 Å². The molecule has 0 radical (unpaired) electrons. The number of anilines is 1. The average molecular weight is 1840 g/mol. The Bertz CT molecular complexity index is 7430. The van der Waals surface area contributed by atoms with Crippen LogP contribution in [0.1, 0.15) is 88.9 Å². The molecular formula is C95H80BrN27O8S. The first kappa shape index (κ1) is 96.1. The van der Waals surface area contributed by atoms with Crippen molar-refractivity contribution in [2.45, 2.75) is 39.5 Å². The van der Waals surface area contributed by atoms with Crippen molar-refractivity contribution in [2.24, 2.45) is 15.7 Å². The topological polar surface area (TPSA) is 516 Å². The first-order valence-corrected chi connectivity index (χ1v) is 41.6. The number of imidazole rings is 7. The van der Waals surface area contributed by atoms with E-state index in [-0.39, 0.29) is 12.3 Å². The van der Waals surface area contributed by atoms with E-state index in [9.17, 15) is 18.0 Å². The molecule has 0 aliphatic rings. The zero-order valence-electron chi connectivity index (χ0n) is 71.1. The van der Waals surface area contributed by atoms with Crippen LogP contribution in [0, 0.1) is 85.4 Å². The first-order valence-electron chi connectivity index (χ1n) is 39.1. The number of nitrogens with one attached hydrogen (secondary N) is 1. The van der Waals surface area contributed by atoms with Gasteiger partial charge in [-0.3, -0.25) is 91.4 Å². The number of nitrogens with two attached hydrogens (primary N) is 2. The van der Waals surface area contributed by atoms with Gasteiger partial charge in [0.05, 0.1) is 118 Å². The minimum absolute atomic E-state index is 0.250. The van der Waals surface area contributed by atoms with Gasteiger partial charge in [-0.05, 0) is 190 Å². The normalized spacial score (nSPS) is 10.2. The number of carboxylic acid groups (broad SMARTS) is 1. The van der Waals surface area contributed by atoms with Crippen LogP contribution in [0.25, 0.3) is 62.4 Å². The quantitative estimate of drug-likeness (QED) is 0.0270. The summed E-state index contributed by atoms with van der Waals surface area (Å²) in [6.45, 7) is 12.5. The number of pyridine rings is 9. The van der Waals surface area contributed by atoms with E-state index in [0.717, 1.165) is 118 Å². The van der Waals surface area contributed by atoms with Gasteiger partial charge >= 0.3 is 0 Å². The molecule has 3 aromatic carbocycles. The molecular weight excluding hydrogens is 1760 g/mol. The van der Waals surface area contributed by atoms with Crippen LogP contribution in [-0.4, -0.2) is 153 Å². The van der Waals surface area contributed by atoms with Gasteiger partial charge in [0.2, 0.25) is 0 Å². The molecule has 0 aliphatic carbocycles. The standard InChI is InChI=1S/C17H14N6O.C17H12N6.C15H11N5.C13H11N.C9H11NO2S.C8H4BrN3.C8H6N4.C7H7NO.CH2O2.H2O2/c1-11-3-2-4-13(21-11)14-7-19-10-23(14)12-5-6-16-20-8-15(17(18)24)22(16)9-12;1-12-3-2-4-15(21-12)16-9-19-11-23(16)13-5-6-17-20-8-14(7-18)22(17)10-13;1-11-3-2-4-12(19-11)8-17-13-5-6-15-18-9-14(7-16)20(15)10-13;14-13(11-7-3-1-4-8-11)12-9-5-2-6-10-12;1-8-3-5-9(6-4-8)13(11,12)7-10-2;9-6-1-2-8-11-4-7(3-10)12(8)5-6;9-3-7-4-11-8-2-1-6(10)5-12(7)8;1-6-3-2-4-7(5-9)8-6;2-1-3;1-2/h2-10H,1H3,(H2,18,24);2-6,8-11H,1H3;2-6,8-10H,1H3;1-10,14H;3-6H,2,7H2,1H3;1-2,4-5H;1-2,4-5H,10H2;2-5H,1H3;1H,(H,2,3);1-2H. The van der Waals surface area contributed by atoms with Crippen LogP contribution in [0.4, 0.5) is 11.4 Å². The molecule has 656 valence electrons. The van der Waals surface area contributed by atoms with Crippen molar-refractivity contribution in [3.63, 3.8) is 0 Å². The van der Waals surface area contributed by atoms with Crippen molar-refractivity contribution in [3.05, 3.63) is 389 Å². The minimum Gasteiger partial charge on any atom is -0.483 e. The number of aromatic nitrogens is 18. The number of nitriles is 4. The van der Waals surface area contributed by atoms with E-state index in [1.54, 1.807) is 127 Å². The number of hydrogen-bond acceptors (Lipinski definition) is 26. The van der Waals surface area contributed by atoms with E-state index in [0.29, 0.717) is 56.1 Å². The van der Waals surface area contributed by atoms with E-state index < -0.39 is 15.7 Å². The lowest BCUT2D eigenvalue weighted by Gasteiger charge is -2.09. The number of carbonyl (C=O) groups is 3. The number of halogens is 1. The predicted molar refractivity (Wildman–Crippen MR) is 502 cm³/mol. The summed E-state index contributed by atoms with van der Waals surface area (Å²) in [4.78, 5) is 84.5. The number of aliphatic imine (C=N–C) groups is 2. The Labute approximate surface area is 763 Å². The highest BCUT2D eigenvalue weighted by atomic mass is 79.9. The number of hydrogen-bond donors (Lipinski definition) is 6. The summed E-state index contributed by atoms with van der Waals surface area (Å²) < 4.78 is 36.2. The van der Waals surface area contributed by atoms with Gasteiger partial charge in [0, 0.05) is 63.9 Å². The zero-order chi connectivity index (χ0) is 94.6. The molecule has 0 spiro atoms. The largest absolute Gasteiger partial charge is 0.483 e. The summed E-state index contributed by atoms with van der Waals surface area (Å²) in [5.74, 6) is -0.776. The number of nitrogen functional groups attached to an aromatic ring is 1. The van der Waals surface area contributed by atoms with Gasteiger partial charge < -0.3 is 16.6 Å². The maximum Gasteiger partial charge on any atom is 0.290 e. The second kappa shape index (κ2) is 47.3. The summed E-state index contributed by atoms with van der Waals surface area (Å²) in [7, 11) is -3.26. The van der Waals surface area contributed by atoms with Crippen LogP contribution < -0.4 is 11.5 Å². The summed E-state index contributed by atoms with van der Waals surface area (Å²) in [5, 5.41) is 62.4. The zero-order valence-corrected chi connectivity index (χ0v) is 73.5. The fraction of sp³-hybridized carbons (Fsp3) is 0.0632. The van der Waals surface area contributed by atoms with Crippen LogP contribution in [0.2, 0.25) is 0 Å². The number of amides is 1. The second-order valence-electron chi connectivity index (χ2n) is 27.5. The number of rotatable bonds is 13. The van der Waals surface area contributed by atoms with Crippen LogP contribution in [-0.2, 0) is 14.6 Å². The molecule has 19 rings (SSSR count). The van der Waals surface area contributed by atoms with Gasteiger partial charge in [0.15, 0.2) is 16.1 Å². The molecule has 0 aliphatic heterocycles. The Morgan fingerprint density at radius 2 is 0.886 bits per heavy atom. The lowest BCUT2D eigenvalue weighted by molar-refractivity contribution is -0.176. The molecule has 37 heteroatoms. The number of carbonyl (C=O) groups excluding carboxylic acids is 2. The summed E-state index contributed by atoms with van der Waals surface area (Å²) in [6.07, 6.45) is 26.1. The predicted octanol–water partition coefficient (Wildman–Crippen LogP) is 15.6. The van der Waals surface area contributed by atoms with E-state index in [4.69, 9.17) is 58.3 Å². The Hall–Kier alpha value is -18.1. The summed E-state index contributed by atoms with van der Waals surface area (Å²) in [5.41, 5.74) is 32.0. The number of benzene rings is 3. The molecule has 19 aromatic rings. The molecule has 8 N–H and O–H groups in total. The molecule has 132 heavy (non-hydrogen) atoms. The lowest BCUT2D eigenvalue weighted by atomic mass is 10.0. The Morgan fingerprint density at radius 1 is 0.485 bits per heavy atom. The Kier molecular flexibility index (Phi) is 34.4. The van der Waals surface area contributed by atoms with Gasteiger partial charge in [0.25, 0.3) is 12.4 Å². The number of aldehydes is 1. The van der Waals surface area contributed by atoms with Gasteiger partial charge in [-0.25, -0.2) is 43.3 Å². The minimum atomic E-state index is -3.26. The van der Waals surface area contributed by atoms with Crippen molar-refractivity contribution in [2.75, 3.05) is 11.6 Å². The monoisotopic (exact) mass is 1840 g/mol. The van der Waals surface area contributed by atoms with Crippen molar-refractivity contribution < 1.29 is 38.4 Å². The SMILES string of the molecule is C=NCS(=O)(=O)c1ccc(C)cc1.Cc1cccc(-c2cncn2-c2ccc3ncc(C#N)n3c2)n1.Cc1cccc(-c2cncn2-c2ccc3ncc(C(N)=O)n3c2)n1.Cc1cccc(C=Nc2ccc3ncc(C#N)n3c2)n1.Cc1cccc(C=O)n1.N#Cc1cnc2ccc(Br)cn12.N#Cc1cnc2ccc(N)cn12.N=C(c1ccccc1)c1ccccc1.O=CO.OO. The molecule has 0 bridgehead atoms. The highest BCUT2D eigenvalue weighted by molar-refractivity contribution is 9.10. The van der Waals surface area contributed by atoms with Crippen LogP contribution >= 0.6 is 15.9 Å². The summed E-state index contributed by atoms with van der Waals surface area (Å²) in [6, 6.07) is 75.9. The third-order valence-corrected chi connectivity index (χ3v) is 20.3. The Morgan fingerprint density at radius 3 is 1.33 bits per heavy atom. The highest BCUT2D eigenvalue weighted by Crippen LogP contribution is 2.26. The van der Waals surface area contributed by atoms with Crippen LogP contribution in [0.3, 0.4) is 0 Å². The van der Waals surface area contributed by atoms with Gasteiger partial charge in [-0.2, -0.15) is 21.0 Å². The average Bonchev–Trinajstić information content (AvgIpc) is 1.64. The number of nitrogens with zero attached hydrogens (tertiary/aromatic N) is 24. The fourth-order valence-electron chi connectivity index (χ4n) is 12.2. The number of primary amides is 1. The third kappa shape index (κ3) is 25.8. The molecule has 35 nitrogen and oxygen atoms in total. The van der Waals surface area contributed by atoms with Crippen molar-refractivity contribution >= 4 is 103 Å². The van der Waals surface area contributed by atoms with Crippen molar-refractivity contribution in [1.82, 2.24) is 86.0 Å². The van der Waals surface area contributed by atoms with E-state index >= 15 is 0 Å². The smallest absolute Gasteiger partial charge is 0.290 e. The highest BCUT2D eigenvalue weighted by Gasteiger charge is 2.17. The number of fused-ring (bicyclic) bond motifs is 5. The fourth-order valence-corrected chi connectivity index (χ4v) is 13.5. The van der Waals surface area contributed by atoms with Gasteiger partial charge in [-0.15, -0.1) is 0 Å². The van der Waals surface area contributed by atoms with Gasteiger partial charge in [-0.1, -0.05) is 103 Å². The first-order chi connectivity index (χ1) is 63.9. The van der Waals surface area contributed by atoms with Crippen LogP contribution in [0.15, 0.2) is 325 Å². The molecule has 0 unspecified atom stereocenters. The van der Waals surface area contributed by atoms with Crippen LogP contribution in [0.5, 0.6) is 0 Å². The maximum absolute atomic E-state index is 11.5. The van der Waals surface area contributed by atoms with Crippen molar-refractivity contribution in [3.8, 4) is 58.4 Å². The van der Waals surface area contributed by atoms with Crippen molar-refractivity contribution in [1.29, 1.82) is 26.5 Å². The molecule has 0 saturated carbocycles. The molecule has 16 aromatic heterocycles. The Balaban J connectivity index is 0.000000158. The molecule has 16 heterocycles. The molecule has 0 saturated heterocycles. The van der Waals surface area contributed by atoms with E-state index in [1.165, 1.54) is 12.4 Å². The molecule has 0 atom stereocenters. The molecule has 0 fully saturated rings. The molecule has 1 amide bonds. The number of sulfone groups is 1. The van der Waals surface area contributed by atoms with E-state index in [2.05, 4.69) is 106 Å². The summed E-state index contributed by atoms with van der Waals surface area (Å²) >= 11 is 3.32.